The van der Waals surface area contributed by atoms with Gasteiger partial charge in [0.05, 0.1) is 6.10 Å². The highest BCUT2D eigenvalue weighted by Gasteiger charge is 1.91. The van der Waals surface area contributed by atoms with E-state index in [1.54, 1.807) is 0 Å². The number of aliphatic hydroxyl groups excluding tert-OH is 1. The Labute approximate surface area is 43.8 Å². The van der Waals surface area contributed by atoms with Crippen LogP contribution >= 0.6 is 12.6 Å². The third-order valence-corrected chi connectivity index (χ3v) is 1.10. The van der Waals surface area contributed by atoms with Gasteiger partial charge >= 0.3 is 0 Å². The molecule has 0 aromatic carbocycles. The van der Waals surface area contributed by atoms with Gasteiger partial charge in [-0.2, -0.15) is 12.6 Å². The lowest BCUT2D eigenvalue weighted by atomic mass is 10.3. The quantitative estimate of drug-likeness (QED) is 0.496. The summed E-state index contributed by atoms with van der Waals surface area (Å²) in [6.07, 6.45) is 0.608. The number of hydrogen-bond donors (Lipinski definition) is 2. The maximum Gasteiger partial charge on any atom is 0.0625 e. The molecule has 6 heavy (non-hydrogen) atoms. The Bertz CT molecular complexity index is 26.7. The summed E-state index contributed by atoms with van der Waals surface area (Å²) in [5, 5.41) is 8.59. The van der Waals surface area contributed by atoms with Gasteiger partial charge < -0.3 is 5.11 Å². The minimum absolute atomic E-state index is 0.201. The summed E-state index contributed by atoms with van der Waals surface area (Å²) in [4.78, 5) is 0. The summed E-state index contributed by atoms with van der Waals surface area (Å²) in [5.41, 5.74) is 0. The number of rotatable bonds is 2. The molecule has 0 aliphatic rings. The summed E-state index contributed by atoms with van der Waals surface area (Å²) in [6, 6.07) is 0. The number of hydrogen-bond acceptors (Lipinski definition) is 2. The van der Waals surface area contributed by atoms with E-state index in [0.29, 0.717) is 5.75 Å². The molecule has 0 fully saturated rings. The first kappa shape index (κ1) is 6.31. The second kappa shape index (κ2) is 3.50. The van der Waals surface area contributed by atoms with Gasteiger partial charge in [0.2, 0.25) is 0 Å². The van der Waals surface area contributed by atoms with Crippen LogP contribution in [0, 0.1) is 0 Å². The first-order valence-electron chi connectivity index (χ1n) is 2.10. The molecule has 0 aliphatic heterocycles. The third-order valence-electron chi connectivity index (χ3n) is 0.682. The van der Waals surface area contributed by atoms with Crippen molar-refractivity contribution < 1.29 is 5.11 Å². The molecule has 0 amide bonds. The maximum atomic E-state index is 8.59. The molecular formula is C4H10OS. The SMILES string of the molecule is CC[C@@H](O)CS. The normalized spacial score (nSPS) is 14.5. The molecule has 0 spiro atoms. The minimum Gasteiger partial charge on any atom is -0.392 e. The summed E-state index contributed by atoms with van der Waals surface area (Å²) in [6.45, 7) is 1.93. The number of aliphatic hydroxyl groups is 1. The van der Waals surface area contributed by atoms with Crippen LogP contribution in [-0.4, -0.2) is 17.0 Å². The molecule has 0 rings (SSSR count). The van der Waals surface area contributed by atoms with Gasteiger partial charge in [0.15, 0.2) is 0 Å². The molecule has 1 atom stereocenters. The first-order valence-corrected chi connectivity index (χ1v) is 2.73. The van der Waals surface area contributed by atoms with Crippen molar-refractivity contribution >= 4 is 12.6 Å². The topological polar surface area (TPSA) is 20.2 Å². The molecule has 0 saturated carbocycles. The van der Waals surface area contributed by atoms with Crippen molar-refractivity contribution in [1.29, 1.82) is 0 Å². The lowest BCUT2D eigenvalue weighted by Crippen LogP contribution is -2.04. The monoisotopic (exact) mass is 106 g/mol. The van der Waals surface area contributed by atoms with E-state index in [0.717, 1.165) is 6.42 Å². The molecule has 0 aromatic rings. The van der Waals surface area contributed by atoms with Gasteiger partial charge in [-0.15, -0.1) is 0 Å². The Kier molecular flexibility index (Phi) is 3.68. The van der Waals surface area contributed by atoms with Crippen molar-refractivity contribution in [3.63, 3.8) is 0 Å². The largest absolute Gasteiger partial charge is 0.392 e. The summed E-state index contributed by atoms with van der Waals surface area (Å²) in [5.74, 6) is 0.580. The van der Waals surface area contributed by atoms with Crippen LogP contribution in [0.3, 0.4) is 0 Å². The Balaban J connectivity index is 2.75. The molecule has 1 nitrogen and oxygen atoms in total. The Morgan fingerprint density at radius 1 is 1.83 bits per heavy atom. The van der Waals surface area contributed by atoms with Crippen molar-refractivity contribution in [2.24, 2.45) is 0 Å². The zero-order valence-corrected chi connectivity index (χ0v) is 4.78. The van der Waals surface area contributed by atoms with E-state index in [1.165, 1.54) is 0 Å². The van der Waals surface area contributed by atoms with Crippen molar-refractivity contribution in [3.8, 4) is 0 Å². The molecule has 0 radical (unpaired) electrons. The maximum absolute atomic E-state index is 8.59. The predicted octanol–water partition coefficient (Wildman–Crippen LogP) is 0.687. The molecule has 0 heterocycles. The molecule has 0 saturated heterocycles. The zero-order valence-electron chi connectivity index (χ0n) is 3.89. The van der Waals surface area contributed by atoms with Crippen molar-refractivity contribution in [3.05, 3.63) is 0 Å². The van der Waals surface area contributed by atoms with E-state index >= 15 is 0 Å². The Morgan fingerprint density at radius 2 is 2.33 bits per heavy atom. The molecule has 2 heteroatoms. The predicted molar refractivity (Wildman–Crippen MR) is 30.2 cm³/mol. The molecular weight excluding hydrogens is 96.1 g/mol. The molecule has 0 bridgehead atoms. The molecule has 0 aromatic heterocycles. The van der Waals surface area contributed by atoms with Crippen molar-refractivity contribution in [2.45, 2.75) is 19.4 Å². The second-order valence-electron chi connectivity index (χ2n) is 1.24. The van der Waals surface area contributed by atoms with Crippen LogP contribution in [0.4, 0.5) is 0 Å². The van der Waals surface area contributed by atoms with Crippen LogP contribution in [-0.2, 0) is 0 Å². The van der Waals surface area contributed by atoms with Crippen molar-refractivity contribution in [1.82, 2.24) is 0 Å². The fraction of sp³-hybridized carbons (Fsp3) is 1.00. The Morgan fingerprint density at radius 3 is 2.33 bits per heavy atom. The van der Waals surface area contributed by atoms with Crippen LogP contribution in [0.2, 0.25) is 0 Å². The highest BCUT2D eigenvalue weighted by Crippen LogP contribution is 1.89. The molecule has 0 unspecified atom stereocenters. The summed E-state index contributed by atoms with van der Waals surface area (Å²) in [7, 11) is 0. The zero-order chi connectivity index (χ0) is 4.99. The van der Waals surface area contributed by atoms with Gasteiger partial charge in [-0.05, 0) is 6.42 Å². The van der Waals surface area contributed by atoms with Gasteiger partial charge in [0.25, 0.3) is 0 Å². The van der Waals surface area contributed by atoms with E-state index in [1.807, 2.05) is 6.92 Å². The minimum atomic E-state index is -0.201. The van der Waals surface area contributed by atoms with Crippen LogP contribution in [0.1, 0.15) is 13.3 Å². The first-order chi connectivity index (χ1) is 2.81. The van der Waals surface area contributed by atoms with Gasteiger partial charge in [-0.25, -0.2) is 0 Å². The summed E-state index contributed by atoms with van der Waals surface area (Å²) < 4.78 is 0. The van der Waals surface area contributed by atoms with E-state index in [2.05, 4.69) is 12.6 Å². The van der Waals surface area contributed by atoms with Gasteiger partial charge in [0, 0.05) is 5.75 Å². The average molecular weight is 106 g/mol. The standard InChI is InChI=1S/C4H10OS/c1-2-4(5)3-6/h4-6H,2-3H2,1H3/t4-/m1/s1. The Hall–Kier alpha value is 0.310. The summed E-state index contributed by atoms with van der Waals surface area (Å²) >= 11 is 3.85. The van der Waals surface area contributed by atoms with Crippen molar-refractivity contribution in [2.75, 3.05) is 5.75 Å². The third kappa shape index (κ3) is 2.54. The van der Waals surface area contributed by atoms with Gasteiger partial charge in [-0.3, -0.25) is 0 Å². The van der Waals surface area contributed by atoms with Crippen LogP contribution in [0.15, 0.2) is 0 Å². The van der Waals surface area contributed by atoms with Gasteiger partial charge in [0.1, 0.15) is 0 Å². The molecule has 1 N–H and O–H groups in total. The smallest absolute Gasteiger partial charge is 0.0625 e. The highest BCUT2D eigenvalue weighted by atomic mass is 32.1. The fourth-order valence-corrected chi connectivity index (χ4v) is 0.387. The van der Waals surface area contributed by atoms with Crippen LogP contribution in [0.5, 0.6) is 0 Å². The highest BCUT2D eigenvalue weighted by molar-refractivity contribution is 7.80. The van der Waals surface area contributed by atoms with Gasteiger partial charge in [-0.1, -0.05) is 6.92 Å². The lowest BCUT2D eigenvalue weighted by molar-refractivity contribution is 0.196. The molecule has 38 valence electrons. The van der Waals surface area contributed by atoms with E-state index in [-0.39, 0.29) is 6.10 Å². The van der Waals surface area contributed by atoms with E-state index < -0.39 is 0 Å². The van der Waals surface area contributed by atoms with E-state index in [4.69, 9.17) is 5.11 Å². The second-order valence-corrected chi connectivity index (χ2v) is 1.61. The number of thiol groups is 1. The fourth-order valence-electron chi connectivity index (χ4n) is 0.129. The van der Waals surface area contributed by atoms with E-state index in [9.17, 15) is 0 Å². The lowest BCUT2D eigenvalue weighted by Gasteiger charge is -1.97. The average Bonchev–Trinajstić information content (AvgIpc) is 1.65. The molecule has 0 aliphatic carbocycles. The van der Waals surface area contributed by atoms with Crippen LogP contribution < -0.4 is 0 Å². The van der Waals surface area contributed by atoms with Crippen LogP contribution in [0.25, 0.3) is 0 Å².